The fraction of sp³-hybridized carbons (Fsp3) is 0.333. The quantitative estimate of drug-likeness (QED) is 0.167. The van der Waals surface area contributed by atoms with Crippen LogP contribution in [0.2, 0.25) is 0 Å². The Kier molecular flexibility index (Phi) is 10.9. The lowest BCUT2D eigenvalue weighted by atomic mass is 10.1. The Labute approximate surface area is 198 Å². The van der Waals surface area contributed by atoms with Crippen LogP contribution in [0.4, 0.5) is 9.59 Å². The van der Waals surface area contributed by atoms with Crippen LogP contribution in [0.3, 0.4) is 0 Å². The summed E-state index contributed by atoms with van der Waals surface area (Å²) in [4.78, 5) is 33.0. The number of oxime groups is 2. The van der Waals surface area contributed by atoms with Crippen LogP contribution < -0.4 is 10.6 Å². The predicted octanol–water partition coefficient (Wildman–Crippen LogP) is 4.26. The van der Waals surface area contributed by atoms with Crippen molar-refractivity contribution in [3.8, 4) is 11.5 Å². The number of nitrogens with zero attached hydrogens (tertiary/aromatic N) is 2. The summed E-state index contributed by atoms with van der Waals surface area (Å²) in [6.07, 6.45) is 1.99. The number of aromatic hydroxyl groups is 2. The van der Waals surface area contributed by atoms with E-state index in [-0.39, 0.29) is 11.5 Å². The average Bonchev–Trinajstić information content (AvgIpc) is 2.83. The first-order chi connectivity index (χ1) is 16.3. The summed E-state index contributed by atoms with van der Waals surface area (Å²) in [5.41, 5.74) is 2.51. The lowest BCUT2D eigenvalue weighted by Gasteiger charge is -2.05. The fourth-order valence-corrected chi connectivity index (χ4v) is 2.78. The van der Waals surface area contributed by atoms with E-state index in [0.29, 0.717) is 24.5 Å². The third-order valence-corrected chi connectivity index (χ3v) is 4.74. The molecule has 2 aromatic rings. The van der Waals surface area contributed by atoms with Crippen molar-refractivity contribution in [1.82, 2.24) is 10.6 Å². The molecule has 0 aliphatic heterocycles. The van der Waals surface area contributed by atoms with Gasteiger partial charge in [-0.3, -0.25) is 9.68 Å². The molecule has 182 valence electrons. The van der Waals surface area contributed by atoms with Gasteiger partial charge in [0.1, 0.15) is 11.5 Å². The molecule has 0 radical (unpaired) electrons. The van der Waals surface area contributed by atoms with E-state index in [1.807, 2.05) is 0 Å². The number of benzene rings is 2. The molecule has 0 aliphatic rings. The minimum absolute atomic E-state index is 0.150. The van der Waals surface area contributed by atoms with Crippen LogP contribution in [-0.4, -0.2) is 46.9 Å². The van der Waals surface area contributed by atoms with Crippen LogP contribution in [0.5, 0.6) is 11.5 Å². The van der Waals surface area contributed by atoms with E-state index < -0.39 is 12.2 Å². The molecule has 34 heavy (non-hydrogen) atoms. The first kappa shape index (κ1) is 26.2. The van der Waals surface area contributed by atoms with E-state index in [1.165, 1.54) is 24.3 Å². The average molecular weight is 471 g/mol. The minimum atomic E-state index is -0.634. The molecule has 0 saturated heterocycles. The number of hydrogen-bond donors (Lipinski definition) is 4. The van der Waals surface area contributed by atoms with Crippen LogP contribution >= 0.6 is 0 Å². The first-order valence-electron chi connectivity index (χ1n) is 10.9. The van der Waals surface area contributed by atoms with Crippen LogP contribution in [0.25, 0.3) is 0 Å². The zero-order chi connectivity index (χ0) is 24.8. The van der Waals surface area contributed by atoms with Crippen LogP contribution in [0.15, 0.2) is 58.8 Å². The molecule has 0 atom stereocenters. The number of carbonyl (C=O) groups is 2. The second kappa shape index (κ2) is 14.1. The van der Waals surface area contributed by atoms with E-state index >= 15 is 0 Å². The Balaban J connectivity index is 1.50. The summed E-state index contributed by atoms with van der Waals surface area (Å²) in [7, 11) is 0. The van der Waals surface area contributed by atoms with E-state index in [1.54, 1.807) is 38.1 Å². The van der Waals surface area contributed by atoms with Crippen molar-refractivity contribution >= 4 is 23.6 Å². The number of carbonyl (C=O) groups excluding carboxylic acids is 2. The number of amides is 2. The van der Waals surface area contributed by atoms with Gasteiger partial charge in [-0.15, -0.1) is 0 Å². The number of unbranched alkanes of at least 4 members (excludes halogenated alkanes) is 3. The monoisotopic (exact) mass is 470 g/mol. The molecule has 4 N–H and O–H groups in total. The van der Waals surface area contributed by atoms with Gasteiger partial charge in [0.15, 0.2) is 0 Å². The molecule has 10 nitrogen and oxygen atoms in total. The normalized spacial score (nSPS) is 11.6. The van der Waals surface area contributed by atoms with Crippen molar-refractivity contribution in [2.24, 2.45) is 10.3 Å². The zero-order valence-electron chi connectivity index (χ0n) is 19.3. The number of nitrogens with one attached hydrogen (secondary N) is 2. The van der Waals surface area contributed by atoms with Gasteiger partial charge in [-0.05, 0) is 86.3 Å². The first-order valence-corrected chi connectivity index (χ1v) is 10.9. The topological polar surface area (TPSA) is 142 Å². The Bertz CT molecular complexity index is 906. The summed E-state index contributed by atoms with van der Waals surface area (Å²) >= 11 is 0. The smallest absolute Gasteiger partial charge is 0.433 e. The number of rotatable bonds is 11. The van der Waals surface area contributed by atoms with Gasteiger partial charge in [-0.25, -0.2) is 9.59 Å². The molecule has 0 spiro atoms. The van der Waals surface area contributed by atoms with Gasteiger partial charge in [0.05, 0.1) is 11.4 Å². The van der Waals surface area contributed by atoms with Crippen molar-refractivity contribution in [3.05, 3.63) is 59.7 Å². The lowest BCUT2D eigenvalue weighted by Crippen LogP contribution is -2.25. The van der Waals surface area contributed by atoms with Gasteiger partial charge >= 0.3 is 12.2 Å². The highest BCUT2D eigenvalue weighted by atomic mass is 16.7. The Morgan fingerprint density at radius 1 is 0.676 bits per heavy atom. The molecule has 2 aromatic carbocycles. The van der Waals surface area contributed by atoms with E-state index in [0.717, 1.165) is 36.8 Å². The Morgan fingerprint density at radius 3 is 1.38 bits per heavy atom. The van der Waals surface area contributed by atoms with Gasteiger partial charge in [0.2, 0.25) is 0 Å². The standard InChI is InChI=1S/C24H30N4O6/c1-17(19-7-11-21(29)12-8-19)27-33-23(31)25-15-5-3-4-6-16-26-24(32)34-28-18(2)20-9-13-22(30)14-10-20/h7-14,29-30H,3-6,15-16H2,1-2H3,(H,25,31)(H,26,32)/b27-17+,28-18+. The summed E-state index contributed by atoms with van der Waals surface area (Å²) in [5.74, 6) is 0.300. The second-order valence-corrected chi connectivity index (χ2v) is 7.47. The summed E-state index contributed by atoms with van der Waals surface area (Å²) < 4.78 is 0. The second-order valence-electron chi connectivity index (χ2n) is 7.47. The molecule has 0 aromatic heterocycles. The lowest BCUT2D eigenvalue weighted by molar-refractivity contribution is 0.149. The van der Waals surface area contributed by atoms with Gasteiger partial charge in [0.25, 0.3) is 0 Å². The van der Waals surface area contributed by atoms with E-state index in [2.05, 4.69) is 20.9 Å². The third kappa shape index (κ3) is 10.0. The van der Waals surface area contributed by atoms with Gasteiger partial charge in [-0.1, -0.05) is 23.2 Å². The molecular weight excluding hydrogens is 440 g/mol. The molecular formula is C24H30N4O6. The maximum Gasteiger partial charge on any atom is 0.433 e. The summed E-state index contributed by atoms with van der Waals surface area (Å²) in [6.45, 7) is 4.31. The molecule has 0 heterocycles. The molecule has 0 fully saturated rings. The highest BCUT2D eigenvalue weighted by Gasteiger charge is 2.05. The van der Waals surface area contributed by atoms with Crippen LogP contribution in [0.1, 0.15) is 50.7 Å². The maximum absolute atomic E-state index is 11.7. The highest BCUT2D eigenvalue weighted by Crippen LogP contribution is 2.11. The van der Waals surface area contributed by atoms with Gasteiger partial charge in [0, 0.05) is 13.1 Å². The minimum Gasteiger partial charge on any atom is -0.508 e. The molecule has 2 amide bonds. The molecule has 0 bridgehead atoms. The predicted molar refractivity (Wildman–Crippen MR) is 128 cm³/mol. The molecule has 0 aliphatic carbocycles. The van der Waals surface area contributed by atoms with Crippen molar-refractivity contribution < 1.29 is 29.5 Å². The summed E-state index contributed by atoms with van der Waals surface area (Å²) in [5, 5.41) is 31.4. The number of phenolic OH excluding ortho intramolecular Hbond substituents is 2. The number of hydrogen-bond acceptors (Lipinski definition) is 8. The number of phenols is 2. The van der Waals surface area contributed by atoms with Crippen molar-refractivity contribution in [2.75, 3.05) is 13.1 Å². The SMILES string of the molecule is C/C(=N\OC(=O)NCCCCCCNC(=O)O/N=C(\C)c1ccc(O)cc1)c1ccc(O)cc1. The molecule has 0 unspecified atom stereocenters. The van der Waals surface area contributed by atoms with Gasteiger partial charge < -0.3 is 20.8 Å². The zero-order valence-corrected chi connectivity index (χ0v) is 19.3. The largest absolute Gasteiger partial charge is 0.508 e. The Morgan fingerprint density at radius 2 is 1.03 bits per heavy atom. The van der Waals surface area contributed by atoms with Gasteiger partial charge in [-0.2, -0.15) is 0 Å². The summed E-state index contributed by atoms with van der Waals surface area (Å²) in [6, 6.07) is 12.8. The van der Waals surface area contributed by atoms with Crippen molar-refractivity contribution in [3.63, 3.8) is 0 Å². The van der Waals surface area contributed by atoms with Crippen LogP contribution in [0, 0.1) is 0 Å². The molecule has 10 heteroatoms. The van der Waals surface area contributed by atoms with Crippen molar-refractivity contribution in [2.45, 2.75) is 39.5 Å². The third-order valence-electron chi connectivity index (χ3n) is 4.74. The Hall–Kier alpha value is -4.08. The van der Waals surface area contributed by atoms with Crippen molar-refractivity contribution in [1.29, 1.82) is 0 Å². The highest BCUT2D eigenvalue weighted by molar-refractivity contribution is 5.99. The fourth-order valence-electron chi connectivity index (χ4n) is 2.78. The van der Waals surface area contributed by atoms with Crippen LogP contribution in [-0.2, 0) is 9.68 Å². The molecule has 0 saturated carbocycles. The van der Waals surface area contributed by atoms with E-state index in [9.17, 15) is 19.8 Å². The van der Waals surface area contributed by atoms with E-state index in [4.69, 9.17) is 9.68 Å². The molecule has 2 rings (SSSR count). The maximum atomic E-state index is 11.7.